The Bertz CT molecular complexity index is 2080. The molecule has 0 atom stereocenters. The average Bonchev–Trinajstić information content (AvgIpc) is 3.50. The maximum atomic E-state index is 15.2. The van der Waals surface area contributed by atoms with Crippen molar-refractivity contribution in [3.8, 4) is 0 Å². The van der Waals surface area contributed by atoms with E-state index in [-0.39, 0.29) is 5.91 Å². The molecule has 7 aromatic rings. The molecule has 1 amide bonds. The molecule has 0 bridgehead atoms. The molecule has 2 aromatic heterocycles. The van der Waals surface area contributed by atoms with Crippen molar-refractivity contribution >= 4 is 67.5 Å². The lowest BCUT2D eigenvalue weighted by atomic mass is 10.1. The van der Waals surface area contributed by atoms with Crippen molar-refractivity contribution in [3.63, 3.8) is 0 Å². The minimum Gasteiger partial charge on any atom is -0.380 e. The van der Waals surface area contributed by atoms with Crippen molar-refractivity contribution in [2.45, 2.75) is 13.5 Å². The zero-order valence-corrected chi connectivity index (χ0v) is 28.4. The molecule has 0 saturated carbocycles. The largest absolute Gasteiger partial charge is 0.380 e. The van der Waals surface area contributed by atoms with Crippen molar-refractivity contribution in [2.24, 2.45) is 4.74 Å². The molecule has 236 valence electrons. The lowest BCUT2D eigenvalue weighted by Crippen LogP contribution is -2.26. The summed E-state index contributed by atoms with van der Waals surface area (Å²) in [5.74, 6) is -0.164. The van der Waals surface area contributed by atoms with Gasteiger partial charge in [0.05, 0.1) is 19.3 Å². The minimum atomic E-state index is -2.75. The number of amides is 1. The van der Waals surface area contributed by atoms with Gasteiger partial charge in [0.25, 0.3) is 5.91 Å². The van der Waals surface area contributed by atoms with Gasteiger partial charge in [0.1, 0.15) is 9.71 Å². The standard InChI is InChI=1S/C41H34N3O2PS/c1-30-28-31(29-46-2)37-38(39(48-40(37)42-30)41(45)44(32-18-8-3-9-19-32)33-20-10-4-11-21-33)43-47(34-22-12-5-13-23-34,35-24-14-6-15-25-35)36-26-16-7-17-27-36/h3-28H,29H2,1-2H3. The molecular formula is C41H34N3O2PS. The summed E-state index contributed by atoms with van der Waals surface area (Å²) in [6.07, 6.45) is 0. The number of anilines is 2. The number of hydrogen-bond donors (Lipinski definition) is 0. The van der Waals surface area contributed by atoms with Gasteiger partial charge < -0.3 is 4.74 Å². The van der Waals surface area contributed by atoms with Crippen LogP contribution in [0.1, 0.15) is 20.9 Å². The molecule has 2 heterocycles. The van der Waals surface area contributed by atoms with E-state index in [4.69, 9.17) is 14.5 Å². The van der Waals surface area contributed by atoms with Crippen LogP contribution in [-0.2, 0) is 11.3 Å². The Kier molecular flexibility index (Phi) is 9.13. The van der Waals surface area contributed by atoms with E-state index in [1.54, 1.807) is 12.0 Å². The Morgan fingerprint density at radius 2 is 1.15 bits per heavy atom. The summed E-state index contributed by atoms with van der Waals surface area (Å²) < 4.78 is 11.7. The number of aromatic nitrogens is 1. The lowest BCUT2D eigenvalue weighted by Gasteiger charge is -2.27. The molecule has 0 N–H and O–H groups in total. The third kappa shape index (κ3) is 5.91. The maximum Gasteiger partial charge on any atom is 0.275 e. The molecule has 7 heteroatoms. The molecule has 0 spiro atoms. The summed E-state index contributed by atoms with van der Waals surface area (Å²) in [7, 11) is -1.05. The fourth-order valence-electron chi connectivity index (χ4n) is 6.15. The van der Waals surface area contributed by atoms with Gasteiger partial charge in [0.2, 0.25) is 0 Å². The number of carbonyl (C=O) groups is 1. The summed E-state index contributed by atoms with van der Waals surface area (Å²) in [5.41, 5.74) is 4.00. The fourth-order valence-corrected chi connectivity index (χ4v) is 10.9. The second-order valence-electron chi connectivity index (χ2n) is 11.4. The number of ether oxygens (including phenoxy) is 1. The molecule has 5 nitrogen and oxygen atoms in total. The number of nitrogens with zero attached hydrogens (tertiary/aromatic N) is 3. The number of thiophene rings is 1. The first-order valence-electron chi connectivity index (χ1n) is 15.8. The van der Waals surface area contributed by atoms with Crippen molar-refractivity contribution in [1.29, 1.82) is 0 Å². The number of rotatable bonds is 9. The van der Waals surface area contributed by atoms with Gasteiger partial charge in [0.15, 0.2) is 0 Å². The smallest absolute Gasteiger partial charge is 0.275 e. The van der Waals surface area contributed by atoms with Crippen molar-refractivity contribution < 1.29 is 9.53 Å². The molecule has 0 aliphatic rings. The van der Waals surface area contributed by atoms with Gasteiger partial charge in [-0.25, -0.2) is 4.98 Å². The summed E-state index contributed by atoms with van der Waals surface area (Å²) in [6.45, 7) is 2.34. The van der Waals surface area contributed by atoms with Crippen LogP contribution in [0, 0.1) is 6.92 Å². The lowest BCUT2D eigenvalue weighted by molar-refractivity contribution is 0.100. The molecule has 0 radical (unpaired) electrons. The Hall–Kier alpha value is -5.13. The highest BCUT2D eigenvalue weighted by molar-refractivity contribution is 7.87. The molecule has 0 aliphatic carbocycles. The number of fused-ring (bicyclic) bond motifs is 1. The van der Waals surface area contributed by atoms with Crippen LogP contribution in [0.2, 0.25) is 0 Å². The van der Waals surface area contributed by atoms with Crippen LogP contribution in [0.15, 0.2) is 162 Å². The zero-order valence-electron chi connectivity index (χ0n) is 26.7. The molecule has 0 fully saturated rings. The Balaban J connectivity index is 1.63. The van der Waals surface area contributed by atoms with E-state index in [1.165, 1.54) is 11.3 Å². The normalized spacial score (nSPS) is 11.4. The molecule has 0 saturated heterocycles. The number of aryl methyl sites for hydroxylation is 1. The maximum absolute atomic E-state index is 15.2. The number of hydrogen-bond acceptors (Lipinski definition) is 5. The van der Waals surface area contributed by atoms with E-state index in [1.807, 2.05) is 91.9 Å². The van der Waals surface area contributed by atoms with Gasteiger partial charge in [-0.3, -0.25) is 14.4 Å². The number of methoxy groups -OCH3 is 1. The van der Waals surface area contributed by atoms with Crippen LogP contribution >= 0.6 is 18.4 Å². The summed E-state index contributed by atoms with van der Waals surface area (Å²) in [5, 5.41) is 4.13. The van der Waals surface area contributed by atoms with Crippen LogP contribution in [0.25, 0.3) is 10.2 Å². The second kappa shape index (κ2) is 13.9. The van der Waals surface area contributed by atoms with Gasteiger partial charge in [-0.2, -0.15) is 0 Å². The summed E-state index contributed by atoms with van der Waals surface area (Å²) >= 11 is 1.40. The first-order valence-corrected chi connectivity index (χ1v) is 18.3. The van der Waals surface area contributed by atoms with Crippen LogP contribution in [-0.4, -0.2) is 18.0 Å². The Morgan fingerprint density at radius 1 is 0.708 bits per heavy atom. The van der Waals surface area contributed by atoms with E-state index in [0.717, 1.165) is 48.8 Å². The third-order valence-electron chi connectivity index (χ3n) is 8.21. The van der Waals surface area contributed by atoms with Gasteiger partial charge in [-0.05, 0) is 42.8 Å². The first kappa shape index (κ1) is 31.5. The van der Waals surface area contributed by atoms with Gasteiger partial charge in [-0.1, -0.05) is 127 Å². The van der Waals surface area contributed by atoms with Gasteiger partial charge in [0, 0.05) is 45.5 Å². The fraction of sp³-hybridized carbons (Fsp3) is 0.0732. The van der Waals surface area contributed by atoms with Crippen molar-refractivity contribution in [2.75, 3.05) is 12.0 Å². The molecule has 0 unspecified atom stereocenters. The molecule has 5 aromatic carbocycles. The Labute approximate surface area is 285 Å². The van der Waals surface area contributed by atoms with Crippen LogP contribution in [0.4, 0.5) is 17.1 Å². The zero-order chi connectivity index (χ0) is 32.9. The highest BCUT2D eigenvalue weighted by Crippen LogP contribution is 2.53. The van der Waals surface area contributed by atoms with Gasteiger partial charge >= 0.3 is 0 Å². The van der Waals surface area contributed by atoms with E-state index < -0.39 is 7.05 Å². The van der Waals surface area contributed by atoms with Crippen LogP contribution in [0.3, 0.4) is 0 Å². The van der Waals surface area contributed by atoms with E-state index >= 15 is 4.79 Å². The van der Waals surface area contributed by atoms with Gasteiger partial charge in [-0.15, -0.1) is 11.3 Å². The summed E-state index contributed by atoms with van der Waals surface area (Å²) in [4.78, 5) is 23.3. The predicted octanol–water partition coefficient (Wildman–Crippen LogP) is 9.54. The third-order valence-corrected chi connectivity index (χ3v) is 12.9. The first-order chi connectivity index (χ1) is 23.6. The quantitative estimate of drug-likeness (QED) is 0.145. The van der Waals surface area contributed by atoms with E-state index in [0.29, 0.717) is 17.2 Å². The van der Waals surface area contributed by atoms with E-state index in [2.05, 4.69) is 72.8 Å². The Morgan fingerprint density at radius 3 is 1.58 bits per heavy atom. The van der Waals surface area contributed by atoms with Crippen LogP contribution < -0.4 is 20.8 Å². The number of carbonyl (C=O) groups excluding carboxylic acids is 1. The monoisotopic (exact) mass is 663 g/mol. The summed E-state index contributed by atoms with van der Waals surface area (Å²) in [6, 6.07) is 53.1. The van der Waals surface area contributed by atoms with E-state index in [9.17, 15) is 0 Å². The topological polar surface area (TPSA) is 54.8 Å². The molecular weight excluding hydrogens is 630 g/mol. The minimum absolute atomic E-state index is 0.164. The highest BCUT2D eigenvalue weighted by atomic mass is 32.1. The molecule has 48 heavy (non-hydrogen) atoms. The van der Waals surface area contributed by atoms with Crippen molar-refractivity contribution in [3.05, 3.63) is 174 Å². The number of benzene rings is 5. The SMILES string of the molecule is COCc1cc(C)nc2sc(C(=O)N(c3ccccc3)c3ccccc3)c(N=P(c3ccccc3)(c3ccccc3)c3ccccc3)c12. The molecule has 7 rings (SSSR count). The second-order valence-corrected chi connectivity index (χ2v) is 15.4. The van der Waals surface area contributed by atoms with Crippen LogP contribution in [0.5, 0.6) is 0 Å². The highest BCUT2D eigenvalue weighted by Gasteiger charge is 2.32. The predicted molar refractivity (Wildman–Crippen MR) is 202 cm³/mol. The number of pyridine rings is 1. The number of para-hydroxylation sites is 2. The van der Waals surface area contributed by atoms with Crippen molar-refractivity contribution in [1.82, 2.24) is 4.98 Å². The average molecular weight is 664 g/mol. The molecule has 0 aliphatic heterocycles.